The van der Waals surface area contributed by atoms with E-state index in [-0.39, 0.29) is 11.4 Å². The van der Waals surface area contributed by atoms with Crippen LogP contribution in [0.15, 0.2) is 18.2 Å². The van der Waals surface area contributed by atoms with Crippen molar-refractivity contribution in [2.45, 2.75) is 32.6 Å². The number of benzene rings is 1. The smallest absolute Gasteiger partial charge is 0.322 e. The fourth-order valence-corrected chi connectivity index (χ4v) is 3.16. The second kappa shape index (κ2) is 6.92. The molecule has 0 saturated carbocycles. The molecule has 0 unspecified atom stereocenters. The van der Waals surface area contributed by atoms with Crippen molar-refractivity contribution in [3.8, 4) is 5.75 Å². The number of amides is 1. The molecule has 1 aliphatic rings. The predicted octanol–water partition coefficient (Wildman–Crippen LogP) is 2.87. The summed E-state index contributed by atoms with van der Waals surface area (Å²) in [5.41, 5.74) is 1.76. The lowest BCUT2D eigenvalue weighted by atomic mass is 10.1. The maximum atomic E-state index is 13.0. The lowest BCUT2D eigenvalue weighted by Gasteiger charge is -2.22. The molecule has 1 N–H and O–H groups in total. The minimum atomic E-state index is -0.539. The highest BCUT2D eigenvalue weighted by atomic mass is 16.6. The van der Waals surface area contributed by atoms with E-state index in [0.29, 0.717) is 18.7 Å². The number of aromatic nitrogens is 2. The molecule has 0 radical (unpaired) electrons. The topological polar surface area (TPSA) is 101 Å². The summed E-state index contributed by atoms with van der Waals surface area (Å²) in [6.45, 7) is 2.28. The molecule has 0 bridgehead atoms. The summed E-state index contributed by atoms with van der Waals surface area (Å²) in [5, 5.41) is 18.0. The van der Waals surface area contributed by atoms with Crippen LogP contribution in [0.25, 0.3) is 0 Å². The number of carbonyl (C=O) groups is 1. The number of H-pyrrole nitrogens is 1. The van der Waals surface area contributed by atoms with Crippen molar-refractivity contribution in [3.63, 3.8) is 0 Å². The Labute approximate surface area is 144 Å². The molecule has 8 nitrogen and oxygen atoms in total. The summed E-state index contributed by atoms with van der Waals surface area (Å²) in [4.78, 5) is 25.5. The van der Waals surface area contributed by atoms with E-state index in [1.165, 1.54) is 0 Å². The molecular weight excluding hydrogens is 324 g/mol. The monoisotopic (exact) mass is 344 g/mol. The maximum Gasteiger partial charge on any atom is 0.322 e. The molecule has 0 aliphatic carbocycles. The standard InChI is InChI=1S/C17H20N4O4/c1-3-13-16(21(23)24)15(19-18-13)17(22)20-9-5-4-6-11-10-12(25-2)7-8-14(11)20/h7-8,10H,3-6,9H2,1-2H3,(H,18,19). The quantitative estimate of drug-likeness (QED) is 0.679. The number of nitro groups is 1. The van der Waals surface area contributed by atoms with Gasteiger partial charge in [-0.05, 0) is 49.4 Å². The first-order chi connectivity index (χ1) is 12.1. The minimum Gasteiger partial charge on any atom is -0.497 e. The number of carbonyl (C=O) groups excluding carboxylic acids is 1. The van der Waals surface area contributed by atoms with Gasteiger partial charge < -0.3 is 9.64 Å². The van der Waals surface area contributed by atoms with Gasteiger partial charge in [-0.15, -0.1) is 0 Å². The van der Waals surface area contributed by atoms with E-state index in [9.17, 15) is 14.9 Å². The maximum absolute atomic E-state index is 13.0. The third-order valence-electron chi connectivity index (χ3n) is 4.45. The lowest BCUT2D eigenvalue weighted by molar-refractivity contribution is -0.385. The van der Waals surface area contributed by atoms with Gasteiger partial charge in [0.1, 0.15) is 11.4 Å². The number of nitrogens with zero attached hydrogens (tertiary/aromatic N) is 3. The zero-order valence-electron chi connectivity index (χ0n) is 14.2. The van der Waals surface area contributed by atoms with Crippen LogP contribution in [0.5, 0.6) is 5.75 Å². The van der Waals surface area contributed by atoms with Crippen LogP contribution < -0.4 is 9.64 Å². The average molecular weight is 344 g/mol. The van der Waals surface area contributed by atoms with Crippen LogP contribution in [-0.2, 0) is 12.8 Å². The van der Waals surface area contributed by atoms with Crippen LogP contribution in [0.2, 0.25) is 0 Å². The zero-order valence-corrected chi connectivity index (χ0v) is 14.2. The van der Waals surface area contributed by atoms with Crippen molar-refractivity contribution in [3.05, 3.63) is 45.3 Å². The van der Waals surface area contributed by atoms with Gasteiger partial charge >= 0.3 is 5.69 Å². The van der Waals surface area contributed by atoms with Crippen LogP contribution in [0.4, 0.5) is 11.4 Å². The minimum absolute atomic E-state index is 0.134. The number of fused-ring (bicyclic) bond motifs is 1. The van der Waals surface area contributed by atoms with E-state index < -0.39 is 10.8 Å². The Hall–Kier alpha value is -2.90. The Bertz CT molecular complexity index is 815. The summed E-state index contributed by atoms with van der Waals surface area (Å²) in [5.74, 6) is 0.281. The van der Waals surface area contributed by atoms with E-state index in [4.69, 9.17) is 4.74 Å². The molecule has 1 aromatic heterocycles. The summed E-state index contributed by atoms with van der Waals surface area (Å²) in [6, 6.07) is 5.54. The van der Waals surface area contributed by atoms with E-state index >= 15 is 0 Å². The van der Waals surface area contributed by atoms with Gasteiger partial charge in [-0.1, -0.05) is 6.92 Å². The number of hydrogen-bond donors (Lipinski definition) is 1. The zero-order chi connectivity index (χ0) is 18.0. The number of ether oxygens (including phenoxy) is 1. The first-order valence-electron chi connectivity index (χ1n) is 8.27. The normalized spacial score (nSPS) is 13.9. The molecule has 2 aromatic rings. The van der Waals surface area contributed by atoms with Crippen molar-refractivity contribution in [1.29, 1.82) is 0 Å². The second-order valence-corrected chi connectivity index (χ2v) is 5.92. The highest BCUT2D eigenvalue weighted by Gasteiger charge is 2.33. The van der Waals surface area contributed by atoms with Gasteiger partial charge in [0.25, 0.3) is 5.91 Å². The van der Waals surface area contributed by atoms with Crippen molar-refractivity contribution in [2.75, 3.05) is 18.6 Å². The largest absolute Gasteiger partial charge is 0.497 e. The number of nitrogens with one attached hydrogen (secondary N) is 1. The molecule has 1 aromatic carbocycles. The Morgan fingerprint density at radius 3 is 2.92 bits per heavy atom. The van der Waals surface area contributed by atoms with E-state index in [1.54, 1.807) is 25.0 Å². The van der Waals surface area contributed by atoms with Gasteiger partial charge in [0.05, 0.1) is 12.0 Å². The predicted molar refractivity (Wildman–Crippen MR) is 92.2 cm³/mol. The number of aromatic amines is 1. The molecule has 25 heavy (non-hydrogen) atoms. The third kappa shape index (κ3) is 3.07. The van der Waals surface area contributed by atoms with Crippen LogP contribution >= 0.6 is 0 Å². The first-order valence-corrected chi connectivity index (χ1v) is 8.27. The van der Waals surface area contributed by atoms with Crippen LogP contribution in [0.1, 0.15) is 41.5 Å². The Morgan fingerprint density at radius 2 is 2.24 bits per heavy atom. The van der Waals surface area contributed by atoms with Gasteiger partial charge in [0.2, 0.25) is 5.69 Å². The first kappa shape index (κ1) is 16.9. The molecule has 132 valence electrons. The molecule has 1 aliphatic heterocycles. The van der Waals surface area contributed by atoms with E-state index in [0.717, 1.165) is 36.3 Å². The van der Waals surface area contributed by atoms with Gasteiger partial charge in [-0.3, -0.25) is 20.0 Å². The van der Waals surface area contributed by atoms with Crippen molar-refractivity contribution >= 4 is 17.3 Å². The molecule has 2 heterocycles. The third-order valence-corrected chi connectivity index (χ3v) is 4.45. The van der Waals surface area contributed by atoms with E-state index in [1.807, 2.05) is 12.1 Å². The molecule has 0 atom stereocenters. The summed E-state index contributed by atoms with van der Waals surface area (Å²) >= 11 is 0. The van der Waals surface area contributed by atoms with Gasteiger partial charge in [0.15, 0.2) is 0 Å². The molecule has 3 rings (SSSR count). The number of anilines is 1. The lowest BCUT2D eigenvalue weighted by Crippen LogP contribution is -2.32. The molecule has 0 fully saturated rings. The van der Waals surface area contributed by atoms with E-state index in [2.05, 4.69) is 10.2 Å². The van der Waals surface area contributed by atoms with Crippen LogP contribution in [0, 0.1) is 10.1 Å². The summed E-state index contributed by atoms with van der Waals surface area (Å²) in [6.07, 6.45) is 3.00. The highest BCUT2D eigenvalue weighted by molar-refractivity contribution is 6.08. The number of aryl methyl sites for hydroxylation is 2. The second-order valence-electron chi connectivity index (χ2n) is 5.92. The molecular formula is C17H20N4O4. The summed E-state index contributed by atoms with van der Waals surface area (Å²) in [7, 11) is 1.60. The van der Waals surface area contributed by atoms with Gasteiger partial charge in [-0.25, -0.2) is 0 Å². The molecule has 0 saturated heterocycles. The highest BCUT2D eigenvalue weighted by Crippen LogP contribution is 2.32. The van der Waals surface area contributed by atoms with Gasteiger partial charge in [-0.2, -0.15) is 5.10 Å². The number of rotatable bonds is 4. The summed E-state index contributed by atoms with van der Waals surface area (Å²) < 4.78 is 5.26. The molecule has 8 heteroatoms. The van der Waals surface area contributed by atoms with Crippen LogP contribution in [-0.4, -0.2) is 34.7 Å². The van der Waals surface area contributed by atoms with Crippen molar-refractivity contribution in [1.82, 2.24) is 10.2 Å². The van der Waals surface area contributed by atoms with Crippen molar-refractivity contribution in [2.24, 2.45) is 0 Å². The number of hydrogen-bond acceptors (Lipinski definition) is 5. The number of methoxy groups -OCH3 is 1. The molecule has 0 spiro atoms. The SMILES string of the molecule is CCc1[nH]nc(C(=O)N2CCCCc3cc(OC)ccc32)c1[N+](=O)[O-]. The van der Waals surface area contributed by atoms with Crippen LogP contribution in [0.3, 0.4) is 0 Å². The fourth-order valence-electron chi connectivity index (χ4n) is 3.16. The fraction of sp³-hybridized carbons (Fsp3) is 0.412. The Balaban J connectivity index is 2.04. The Morgan fingerprint density at radius 1 is 1.44 bits per heavy atom. The average Bonchev–Trinajstić information content (AvgIpc) is 2.94. The molecule has 1 amide bonds. The Kier molecular flexibility index (Phi) is 4.69. The van der Waals surface area contributed by atoms with Crippen molar-refractivity contribution < 1.29 is 14.5 Å². The van der Waals surface area contributed by atoms with Gasteiger partial charge in [0, 0.05) is 12.2 Å².